The molecule has 1 aliphatic rings. The van der Waals surface area contributed by atoms with E-state index in [2.05, 4.69) is 4.90 Å². The third-order valence-electron chi connectivity index (χ3n) is 2.76. The van der Waals surface area contributed by atoms with Crippen molar-refractivity contribution in [1.29, 1.82) is 0 Å². The van der Waals surface area contributed by atoms with Gasteiger partial charge in [0.15, 0.2) is 0 Å². The third kappa shape index (κ3) is 6.07. The van der Waals surface area contributed by atoms with E-state index in [0.29, 0.717) is 4.99 Å². The summed E-state index contributed by atoms with van der Waals surface area (Å²) in [6, 6.07) is 0.824. The molecule has 15 heavy (non-hydrogen) atoms. The van der Waals surface area contributed by atoms with Crippen LogP contribution < -0.4 is 5.73 Å². The number of nitrogens with two attached hydrogens (primary N) is 1. The van der Waals surface area contributed by atoms with Gasteiger partial charge in [-0.2, -0.15) is 0 Å². The van der Waals surface area contributed by atoms with Gasteiger partial charge in [-0.25, -0.2) is 0 Å². The molecule has 0 aromatic rings. The Morgan fingerprint density at radius 3 is 2.67 bits per heavy atom. The summed E-state index contributed by atoms with van der Waals surface area (Å²) < 4.78 is 5.11. The van der Waals surface area contributed by atoms with E-state index in [9.17, 15) is 0 Å². The van der Waals surface area contributed by atoms with Gasteiger partial charge in [0, 0.05) is 19.7 Å². The monoisotopic (exact) mass is 230 g/mol. The molecule has 0 saturated heterocycles. The summed E-state index contributed by atoms with van der Waals surface area (Å²) in [5.41, 5.74) is 5.46. The van der Waals surface area contributed by atoms with E-state index in [4.69, 9.17) is 22.7 Å². The lowest BCUT2D eigenvalue weighted by Gasteiger charge is -2.21. The van der Waals surface area contributed by atoms with E-state index in [1.54, 1.807) is 7.11 Å². The Bertz CT molecular complexity index is 195. The second-order valence-corrected chi connectivity index (χ2v) is 4.71. The van der Waals surface area contributed by atoms with Crippen LogP contribution >= 0.6 is 12.2 Å². The van der Waals surface area contributed by atoms with Crippen LogP contribution in [-0.4, -0.2) is 42.7 Å². The zero-order valence-electron chi connectivity index (χ0n) is 9.58. The van der Waals surface area contributed by atoms with E-state index in [-0.39, 0.29) is 0 Å². The van der Waals surface area contributed by atoms with Crippen molar-refractivity contribution >= 4 is 17.2 Å². The molecule has 0 aromatic heterocycles. The van der Waals surface area contributed by atoms with Gasteiger partial charge >= 0.3 is 0 Å². The minimum absolute atomic E-state index is 0.643. The lowest BCUT2D eigenvalue weighted by molar-refractivity contribution is 0.142. The summed E-state index contributed by atoms with van der Waals surface area (Å²) in [4.78, 5) is 3.17. The molecule has 4 heteroatoms. The second kappa shape index (κ2) is 7.14. The van der Waals surface area contributed by atoms with Crippen molar-refractivity contribution in [1.82, 2.24) is 4.90 Å². The first kappa shape index (κ1) is 12.9. The van der Waals surface area contributed by atoms with E-state index < -0.39 is 0 Å². The van der Waals surface area contributed by atoms with Gasteiger partial charge in [-0.1, -0.05) is 12.2 Å². The molecule has 2 N–H and O–H groups in total. The van der Waals surface area contributed by atoms with Crippen molar-refractivity contribution in [2.45, 2.75) is 38.1 Å². The molecular formula is C11H22N2OS. The SMILES string of the molecule is COCCN(CCCCC(N)=S)C1CC1. The van der Waals surface area contributed by atoms with Gasteiger partial charge in [-0.05, 0) is 38.6 Å². The predicted molar refractivity (Wildman–Crippen MR) is 67.1 cm³/mol. The number of nitrogens with zero attached hydrogens (tertiary/aromatic N) is 1. The molecule has 0 unspecified atom stereocenters. The van der Waals surface area contributed by atoms with Crippen LogP contribution in [0.2, 0.25) is 0 Å². The molecule has 0 bridgehead atoms. The summed E-state index contributed by atoms with van der Waals surface area (Å²) in [5, 5.41) is 0. The Kier molecular flexibility index (Phi) is 6.13. The van der Waals surface area contributed by atoms with Gasteiger partial charge in [-0.15, -0.1) is 0 Å². The Labute approximate surface area is 98.0 Å². The smallest absolute Gasteiger partial charge is 0.0727 e. The molecule has 0 aromatic carbocycles. The van der Waals surface area contributed by atoms with Crippen molar-refractivity contribution in [2.75, 3.05) is 26.8 Å². The fourth-order valence-electron chi connectivity index (χ4n) is 1.74. The number of ether oxygens (including phenoxy) is 1. The Morgan fingerprint density at radius 2 is 2.13 bits per heavy atom. The van der Waals surface area contributed by atoms with Gasteiger partial charge in [0.2, 0.25) is 0 Å². The number of hydrogen-bond donors (Lipinski definition) is 1. The van der Waals surface area contributed by atoms with Crippen LogP contribution in [0.25, 0.3) is 0 Å². The molecule has 1 fully saturated rings. The minimum Gasteiger partial charge on any atom is -0.393 e. The predicted octanol–water partition coefficient (Wildman–Crippen LogP) is 1.55. The van der Waals surface area contributed by atoms with Crippen LogP contribution in [0.3, 0.4) is 0 Å². The number of hydrogen-bond acceptors (Lipinski definition) is 3. The van der Waals surface area contributed by atoms with E-state index >= 15 is 0 Å². The normalized spacial score (nSPS) is 15.9. The first-order valence-electron chi connectivity index (χ1n) is 5.75. The number of thiocarbonyl (C=S) groups is 1. The molecule has 0 spiro atoms. The fraction of sp³-hybridized carbons (Fsp3) is 0.909. The highest BCUT2D eigenvalue weighted by atomic mass is 32.1. The van der Waals surface area contributed by atoms with Crippen LogP contribution in [-0.2, 0) is 4.74 Å². The van der Waals surface area contributed by atoms with Crippen molar-refractivity contribution in [3.63, 3.8) is 0 Å². The van der Waals surface area contributed by atoms with E-state index in [1.807, 2.05) is 0 Å². The molecule has 1 rings (SSSR count). The van der Waals surface area contributed by atoms with Gasteiger partial charge in [-0.3, -0.25) is 4.90 Å². The summed E-state index contributed by atoms with van der Waals surface area (Å²) in [5.74, 6) is 0. The highest BCUT2D eigenvalue weighted by molar-refractivity contribution is 7.80. The lowest BCUT2D eigenvalue weighted by atomic mass is 10.2. The molecule has 3 nitrogen and oxygen atoms in total. The minimum atomic E-state index is 0.643. The number of rotatable bonds is 9. The molecule has 0 heterocycles. The lowest BCUT2D eigenvalue weighted by Crippen LogP contribution is -2.30. The average Bonchev–Trinajstić information content (AvgIpc) is 3.00. The third-order valence-corrected chi connectivity index (χ3v) is 2.97. The summed E-state index contributed by atoms with van der Waals surface area (Å²) in [7, 11) is 1.76. The first-order valence-corrected chi connectivity index (χ1v) is 6.16. The quantitative estimate of drug-likeness (QED) is 0.482. The standard InChI is InChI=1S/C11H22N2OS/c1-14-9-8-13(10-5-6-10)7-3-2-4-11(12)15/h10H,2-9H2,1H3,(H2,12,15). The maximum absolute atomic E-state index is 5.46. The highest BCUT2D eigenvalue weighted by Gasteiger charge is 2.27. The fourth-order valence-corrected chi connectivity index (χ4v) is 1.88. The largest absolute Gasteiger partial charge is 0.393 e. The Hall–Kier alpha value is -0.190. The van der Waals surface area contributed by atoms with Gasteiger partial charge in [0.05, 0.1) is 11.6 Å². The van der Waals surface area contributed by atoms with E-state index in [1.165, 1.54) is 19.3 Å². The Balaban J connectivity index is 2.06. The van der Waals surface area contributed by atoms with E-state index in [0.717, 1.165) is 38.6 Å². The topological polar surface area (TPSA) is 38.5 Å². The molecule has 0 atom stereocenters. The van der Waals surface area contributed by atoms with Crippen LogP contribution in [0.5, 0.6) is 0 Å². The van der Waals surface area contributed by atoms with Crippen molar-refractivity contribution in [3.05, 3.63) is 0 Å². The van der Waals surface area contributed by atoms with Crippen LogP contribution in [0.1, 0.15) is 32.1 Å². The zero-order chi connectivity index (χ0) is 11.1. The number of unbranched alkanes of at least 4 members (excludes halogenated alkanes) is 1. The summed E-state index contributed by atoms with van der Waals surface area (Å²) >= 11 is 4.85. The maximum atomic E-state index is 5.46. The molecular weight excluding hydrogens is 208 g/mol. The first-order chi connectivity index (χ1) is 7.24. The average molecular weight is 230 g/mol. The molecule has 88 valence electrons. The van der Waals surface area contributed by atoms with Gasteiger partial charge in [0.25, 0.3) is 0 Å². The van der Waals surface area contributed by atoms with Crippen molar-refractivity contribution in [2.24, 2.45) is 5.73 Å². The van der Waals surface area contributed by atoms with Crippen LogP contribution in [0.15, 0.2) is 0 Å². The maximum Gasteiger partial charge on any atom is 0.0727 e. The molecule has 1 aliphatic carbocycles. The second-order valence-electron chi connectivity index (χ2n) is 4.18. The molecule has 0 aliphatic heterocycles. The zero-order valence-corrected chi connectivity index (χ0v) is 10.4. The van der Waals surface area contributed by atoms with Crippen LogP contribution in [0, 0.1) is 0 Å². The summed E-state index contributed by atoms with van der Waals surface area (Å²) in [6.45, 7) is 3.07. The van der Waals surface area contributed by atoms with Crippen LogP contribution in [0.4, 0.5) is 0 Å². The van der Waals surface area contributed by atoms with Gasteiger partial charge < -0.3 is 10.5 Å². The van der Waals surface area contributed by atoms with Crippen molar-refractivity contribution in [3.8, 4) is 0 Å². The summed E-state index contributed by atoms with van der Waals surface area (Å²) in [6.07, 6.45) is 5.92. The molecule has 0 amide bonds. The molecule has 0 radical (unpaired) electrons. The Morgan fingerprint density at radius 1 is 1.40 bits per heavy atom. The highest BCUT2D eigenvalue weighted by Crippen LogP contribution is 2.26. The van der Waals surface area contributed by atoms with Gasteiger partial charge in [0.1, 0.15) is 0 Å². The van der Waals surface area contributed by atoms with Crippen molar-refractivity contribution < 1.29 is 4.74 Å². The molecule has 1 saturated carbocycles. The number of methoxy groups -OCH3 is 1.